The molecule has 0 bridgehead atoms. The van der Waals surface area contributed by atoms with E-state index in [9.17, 15) is 4.79 Å². The Labute approximate surface area is 119 Å². The molecule has 2 rings (SSSR count). The van der Waals surface area contributed by atoms with Crippen LogP contribution in [0.1, 0.15) is 6.42 Å². The number of benzene rings is 1. The van der Waals surface area contributed by atoms with Crippen molar-refractivity contribution in [2.24, 2.45) is 0 Å². The number of carbonyl (C=O) groups excluding carboxylic acids is 1. The van der Waals surface area contributed by atoms with E-state index in [1.54, 1.807) is 7.11 Å². The number of anilines is 1. The predicted molar refractivity (Wildman–Crippen MR) is 78.3 cm³/mol. The molecule has 2 amide bonds. The van der Waals surface area contributed by atoms with Crippen LogP contribution in [-0.4, -0.2) is 44.2 Å². The van der Waals surface area contributed by atoms with Gasteiger partial charge in [0.1, 0.15) is 5.75 Å². The first kappa shape index (κ1) is 15.6. The third-order valence-corrected chi connectivity index (χ3v) is 3.20. The molecule has 2 N–H and O–H groups in total. The molecule has 19 heavy (non-hydrogen) atoms. The van der Waals surface area contributed by atoms with Crippen molar-refractivity contribution in [1.29, 1.82) is 0 Å². The lowest BCUT2D eigenvalue weighted by atomic mass is 10.3. The van der Waals surface area contributed by atoms with Crippen LogP contribution in [0.15, 0.2) is 24.3 Å². The second kappa shape index (κ2) is 7.21. The fourth-order valence-electron chi connectivity index (χ4n) is 2.08. The second-order valence-corrected chi connectivity index (χ2v) is 4.38. The van der Waals surface area contributed by atoms with Gasteiger partial charge in [-0.2, -0.15) is 0 Å². The van der Waals surface area contributed by atoms with Gasteiger partial charge in [0, 0.05) is 30.9 Å². The molecule has 0 spiro atoms. The van der Waals surface area contributed by atoms with Crippen LogP contribution in [0.3, 0.4) is 0 Å². The first-order chi connectivity index (χ1) is 8.72. The van der Waals surface area contributed by atoms with E-state index in [0.717, 1.165) is 30.9 Å². The average Bonchev–Trinajstić information content (AvgIpc) is 2.88. The van der Waals surface area contributed by atoms with Gasteiger partial charge in [0.05, 0.1) is 7.11 Å². The molecule has 1 saturated heterocycles. The van der Waals surface area contributed by atoms with Gasteiger partial charge in [0.2, 0.25) is 0 Å². The van der Waals surface area contributed by atoms with E-state index >= 15 is 0 Å². The molecule has 1 fully saturated rings. The minimum absolute atomic E-state index is 0. The number of rotatable bonds is 3. The highest BCUT2D eigenvalue weighted by Gasteiger charge is 2.24. The zero-order chi connectivity index (χ0) is 13.0. The van der Waals surface area contributed by atoms with E-state index in [1.807, 2.05) is 36.2 Å². The van der Waals surface area contributed by atoms with Crippen LogP contribution in [0.25, 0.3) is 0 Å². The Morgan fingerprint density at radius 2 is 2.26 bits per heavy atom. The summed E-state index contributed by atoms with van der Waals surface area (Å²) in [4.78, 5) is 13.8. The highest BCUT2D eigenvalue weighted by molar-refractivity contribution is 5.89. The van der Waals surface area contributed by atoms with Gasteiger partial charge < -0.3 is 20.3 Å². The molecule has 106 valence electrons. The first-order valence-electron chi connectivity index (χ1n) is 6.10. The van der Waals surface area contributed by atoms with Crippen molar-refractivity contribution in [3.63, 3.8) is 0 Å². The Balaban J connectivity index is 0.00000180. The molecule has 0 radical (unpaired) electrons. The van der Waals surface area contributed by atoms with E-state index in [-0.39, 0.29) is 18.4 Å². The van der Waals surface area contributed by atoms with Crippen LogP contribution in [-0.2, 0) is 0 Å². The molecule has 0 saturated carbocycles. The highest BCUT2D eigenvalue weighted by Crippen LogP contribution is 2.18. The Morgan fingerprint density at radius 3 is 2.89 bits per heavy atom. The molecular weight excluding hydrogens is 266 g/mol. The highest BCUT2D eigenvalue weighted by atomic mass is 35.5. The van der Waals surface area contributed by atoms with Crippen molar-refractivity contribution in [3.05, 3.63) is 24.3 Å². The van der Waals surface area contributed by atoms with Crippen molar-refractivity contribution >= 4 is 24.1 Å². The van der Waals surface area contributed by atoms with Crippen LogP contribution >= 0.6 is 12.4 Å². The van der Waals surface area contributed by atoms with Crippen LogP contribution in [0.2, 0.25) is 0 Å². The van der Waals surface area contributed by atoms with Crippen LogP contribution in [0.4, 0.5) is 10.5 Å². The third-order valence-electron chi connectivity index (χ3n) is 3.20. The predicted octanol–water partition coefficient (Wildman–Crippen LogP) is 1.94. The second-order valence-electron chi connectivity index (χ2n) is 4.38. The third kappa shape index (κ3) is 4.01. The minimum atomic E-state index is -0.0546. The number of ether oxygens (including phenoxy) is 1. The molecule has 1 aromatic carbocycles. The number of methoxy groups -OCH3 is 1. The number of urea groups is 1. The molecular formula is C13H20ClN3O2. The van der Waals surface area contributed by atoms with Crippen LogP contribution in [0, 0.1) is 0 Å². The van der Waals surface area contributed by atoms with Gasteiger partial charge in [0.25, 0.3) is 0 Å². The molecule has 0 aliphatic carbocycles. The van der Waals surface area contributed by atoms with Gasteiger partial charge in [-0.1, -0.05) is 6.07 Å². The fourth-order valence-corrected chi connectivity index (χ4v) is 2.08. The Bertz CT molecular complexity index is 428. The maximum Gasteiger partial charge on any atom is 0.321 e. The molecule has 1 aliphatic heterocycles. The lowest BCUT2D eigenvalue weighted by Crippen LogP contribution is -2.36. The lowest BCUT2D eigenvalue weighted by molar-refractivity contribution is 0.221. The van der Waals surface area contributed by atoms with Crippen LogP contribution < -0.4 is 15.4 Å². The maximum absolute atomic E-state index is 12.0. The number of amides is 2. The summed E-state index contributed by atoms with van der Waals surface area (Å²) >= 11 is 0. The summed E-state index contributed by atoms with van der Waals surface area (Å²) in [5.41, 5.74) is 0.757. The lowest BCUT2D eigenvalue weighted by Gasteiger charge is -2.17. The van der Waals surface area contributed by atoms with E-state index in [4.69, 9.17) is 4.74 Å². The zero-order valence-electron chi connectivity index (χ0n) is 11.2. The van der Waals surface area contributed by atoms with Gasteiger partial charge in [-0.3, -0.25) is 0 Å². The van der Waals surface area contributed by atoms with Crippen molar-refractivity contribution in [2.45, 2.75) is 12.5 Å². The molecule has 1 unspecified atom stereocenters. The number of nitrogens with zero attached hydrogens (tertiary/aromatic N) is 1. The largest absolute Gasteiger partial charge is 0.497 e. The monoisotopic (exact) mass is 285 g/mol. The number of nitrogens with one attached hydrogen (secondary N) is 2. The number of carbonyl (C=O) groups is 1. The number of halogens is 1. The summed E-state index contributed by atoms with van der Waals surface area (Å²) in [6.45, 7) is 1.55. The summed E-state index contributed by atoms with van der Waals surface area (Å²) < 4.78 is 5.12. The number of likely N-dealkylation sites (tertiary alicyclic amines) is 1. The molecule has 1 heterocycles. The van der Waals surface area contributed by atoms with Crippen molar-refractivity contribution in [3.8, 4) is 5.75 Å². The summed E-state index contributed by atoms with van der Waals surface area (Å²) in [6, 6.07) is 7.72. The number of hydrogen-bond acceptors (Lipinski definition) is 3. The molecule has 1 aromatic rings. The topological polar surface area (TPSA) is 53.6 Å². The van der Waals surface area contributed by atoms with Gasteiger partial charge in [0.15, 0.2) is 0 Å². The standard InChI is InChI=1S/C13H19N3O2.ClH/c1-14-11-6-7-16(9-11)13(17)15-10-4-3-5-12(8-10)18-2;/h3-5,8,11,14H,6-7,9H2,1-2H3,(H,15,17);1H. The zero-order valence-corrected chi connectivity index (χ0v) is 12.0. The van der Waals surface area contributed by atoms with E-state index < -0.39 is 0 Å². The summed E-state index contributed by atoms with van der Waals surface area (Å²) in [7, 11) is 3.53. The molecule has 1 atom stereocenters. The maximum atomic E-state index is 12.0. The van der Waals surface area contributed by atoms with Gasteiger partial charge in [-0.15, -0.1) is 12.4 Å². The number of hydrogen-bond donors (Lipinski definition) is 2. The van der Waals surface area contributed by atoms with Crippen molar-refractivity contribution in [1.82, 2.24) is 10.2 Å². The molecule has 0 aromatic heterocycles. The Morgan fingerprint density at radius 1 is 1.47 bits per heavy atom. The molecule has 6 heteroatoms. The SMILES string of the molecule is CNC1CCN(C(=O)Nc2cccc(OC)c2)C1.Cl. The Hall–Kier alpha value is -1.46. The van der Waals surface area contributed by atoms with Crippen LogP contribution in [0.5, 0.6) is 5.75 Å². The first-order valence-corrected chi connectivity index (χ1v) is 6.10. The Kier molecular flexibility index (Phi) is 5.92. The van der Waals surface area contributed by atoms with E-state index in [2.05, 4.69) is 10.6 Å². The molecule has 5 nitrogen and oxygen atoms in total. The van der Waals surface area contributed by atoms with Gasteiger partial charge in [-0.05, 0) is 25.6 Å². The average molecular weight is 286 g/mol. The summed E-state index contributed by atoms with van der Waals surface area (Å²) in [6.07, 6.45) is 1.00. The quantitative estimate of drug-likeness (QED) is 0.892. The smallest absolute Gasteiger partial charge is 0.321 e. The normalized spacial score (nSPS) is 17.8. The molecule has 1 aliphatic rings. The summed E-state index contributed by atoms with van der Waals surface area (Å²) in [5, 5.41) is 6.07. The summed E-state index contributed by atoms with van der Waals surface area (Å²) in [5.74, 6) is 0.738. The van der Waals surface area contributed by atoms with Crippen molar-refractivity contribution in [2.75, 3.05) is 32.6 Å². The van der Waals surface area contributed by atoms with Crippen molar-refractivity contribution < 1.29 is 9.53 Å². The van der Waals surface area contributed by atoms with E-state index in [0.29, 0.717) is 6.04 Å². The number of likely N-dealkylation sites (N-methyl/N-ethyl adjacent to an activating group) is 1. The fraction of sp³-hybridized carbons (Fsp3) is 0.462. The van der Waals surface area contributed by atoms with Gasteiger partial charge in [-0.25, -0.2) is 4.79 Å². The van der Waals surface area contributed by atoms with E-state index in [1.165, 1.54) is 0 Å². The van der Waals surface area contributed by atoms with Gasteiger partial charge >= 0.3 is 6.03 Å². The minimum Gasteiger partial charge on any atom is -0.497 e.